The summed E-state index contributed by atoms with van der Waals surface area (Å²) in [5.74, 6) is 1.26. The minimum absolute atomic E-state index is 0.0949. The summed E-state index contributed by atoms with van der Waals surface area (Å²) in [5.41, 5.74) is 5.17. The average molecular weight is 836 g/mol. The molecule has 1 aliphatic heterocycles. The van der Waals surface area contributed by atoms with Crippen molar-refractivity contribution in [3.05, 3.63) is 142 Å². The lowest BCUT2D eigenvalue weighted by Gasteiger charge is -2.34. The van der Waals surface area contributed by atoms with Crippen LogP contribution in [-0.2, 0) is 16.4 Å². The molecule has 0 radical (unpaired) electrons. The van der Waals surface area contributed by atoms with Gasteiger partial charge >= 0.3 is 0 Å². The van der Waals surface area contributed by atoms with Gasteiger partial charge in [-0.25, -0.2) is 18.4 Å². The third-order valence-electron chi connectivity index (χ3n) is 10.4. The first-order chi connectivity index (χ1) is 28.0. The van der Waals surface area contributed by atoms with Crippen molar-refractivity contribution in [1.82, 2.24) is 14.9 Å². The molecule has 0 spiro atoms. The molecule has 1 aromatic heterocycles. The van der Waals surface area contributed by atoms with Gasteiger partial charge in [-0.15, -0.1) is 11.8 Å². The van der Waals surface area contributed by atoms with Crippen molar-refractivity contribution in [1.29, 1.82) is 0 Å². The summed E-state index contributed by atoms with van der Waals surface area (Å²) in [6.07, 6.45) is 5.02. The Hall–Kier alpha value is -5.21. The van der Waals surface area contributed by atoms with Crippen molar-refractivity contribution < 1.29 is 13.3 Å². The van der Waals surface area contributed by atoms with Crippen LogP contribution in [0.25, 0.3) is 22.0 Å². The minimum Gasteiger partial charge on any atom is -0.376 e. The van der Waals surface area contributed by atoms with Crippen molar-refractivity contribution in [3.63, 3.8) is 0 Å². The number of hydrogen-bond acceptors (Lipinski definition) is 10. The van der Waals surface area contributed by atoms with Gasteiger partial charge in [-0.1, -0.05) is 66.2 Å². The SMILES string of the molecule is CN(C)CC[C@H](CSc1ccccc1)Nc1ccc(S(=O)(=O)Nc2ncnc3cc(N4CCC(Cc5cc(Cl)ccc5-c5ccccc5)CC4)ccc23)cc1[N+](=O)[O-]. The maximum Gasteiger partial charge on any atom is 0.293 e. The molecule has 1 atom stereocenters. The van der Waals surface area contributed by atoms with Crippen molar-refractivity contribution in [2.24, 2.45) is 5.92 Å². The Morgan fingerprint density at radius 3 is 2.40 bits per heavy atom. The molecule has 0 unspecified atom stereocenters. The Bertz CT molecular complexity index is 2470. The van der Waals surface area contributed by atoms with E-state index in [1.165, 1.54) is 35.2 Å². The molecular weight excluding hydrogens is 790 g/mol. The Morgan fingerprint density at radius 2 is 1.67 bits per heavy atom. The molecule has 0 amide bonds. The van der Waals surface area contributed by atoms with Crippen LogP contribution < -0.4 is 14.9 Å². The summed E-state index contributed by atoms with van der Waals surface area (Å²) in [4.78, 5) is 25.7. The number of nitro benzene ring substituents is 1. The van der Waals surface area contributed by atoms with Gasteiger partial charge in [0.25, 0.3) is 15.7 Å². The highest BCUT2D eigenvalue weighted by molar-refractivity contribution is 7.99. The van der Waals surface area contributed by atoms with Crippen LogP contribution in [0.2, 0.25) is 5.02 Å². The number of anilines is 3. The number of sulfonamides is 1. The van der Waals surface area contributed by atoms with Crippen molar-refractivity contribution in [3.8, 4) is 11.1 Å². The quantitative estimate of drug-likeness (QED) is 0.0552. The Kier molecular flexibility index (Phi) is 13.1. The lowest BCUT2D eigenvalue weighted by molar-refractivity contribution is -0.384. The number of thioether (sulfide) groups is 1. The molecule has 11 nitrogen and oxygen atoms in total. The van der Waals surface area contributed by atoms with Gasteiger partial charge in [0.05, 0.1) is 15.3 Å². The zero-order valence-corrected chi connectivity index (χ0v) is 34.8. The highest BCUT2D eigenvalue weighted by Crippen LogP contribution is 2.35. The summed E-state index contributed by atoms with van der Waals surface area (Å²) in [6, 6.07) is 36.1. The largest absolute Gasteiger partial charge is 0.376 e. The number of nitro groups is 1. The number of nitrogens with one attached hydrogen (secondary N) is 2. The first-order valence-corrected chi connectivity index (χ1v) is 22.1. The number of hydrogen-bond donors (Lipinski definition) is 2. The maximum atomic E-state index is 13.7. The molecular formula is C44H46ClN7O4S2. The van der Waals surface area contributed by atoms with Crippen LogP contribution in [0.4, 0.5) is 22.9 Å². The number of nitrogens with zero attached hydrogens (tertiary/aromatic N) is 5. The van der Waals surface area contributed by atoms with E-state index >= 15 is 0 Å². The van der Waals surface area contributed by atoms with Crippen LogP contribution in [0.1, 0.15) is 24.8 Å². The molecule has 1 fully saturated rings. The Balaban J connectivity index is 1.03. The van der Waals surface area contributed by atoms with Gasteiger partial charge in [-0.05, 0) is 124 Å². The smallest absolute Gasteiger partial charge is 0.293 e. The second kappa shape index (κ2) is 18.6. The lowest BCUT2D eigenvalue weighted by atomic mass is 9.87. The molecule has 1 aliphatic rings. The topological polar surface area (TPSA) is 134 Å². The van der Waals surface area contributed by atoms with E-state index in [4.69, 9.17) is 11.6 Å². The Morgan fingerprint density at radius 1 is 0.931 bits per heavy atom. The fourth-order valence-corrected chi connectivity index (χ4v) is 9.58. The third-order valence-corrected chi connectivity index (χ3v) is 13.2. The fourth-order valence-electron chi connectivity index (χ4n) is 7.34. The second-order valence-electron chi connectivity index (χ2n) is 14.8. The van der Waals surface area contributed by atoms with E-state index in [-0.39, 0.29) is 28.1 Å². The summed E-state index contributed by atoms with van der Waals surface area (Å²) in [5, 5.41) is 16.9. The molecule has 58 heavy (non-hydrogen) atoms. The van der Waals surface area contributed by atoms with Gasteiger partial charge < -0.3 is 15.1 Å². The van der Waals surface area contributed by atoms with Crippen LogP contribution >= 0.6 is 23.4 Å². The van der Waals surface area contributed by atoms with Crippen molar-refractivity contribution in [2.75, 3.05) is 54.4 Å². The van der Waals surface area contributed by atoms with Gasteiger partial charge in [0.15, 0.2) is 5.82 Å². The number of halogens is 1. The van der Waals surface area contributed by atoms with Gasteiger partial charge in [-0.2, -0.15) is 0 Å². The third kappa shape index (κ3) is 10.3. The summed E-state index contributed by atoms with van der Waals surface area (Å²) in [6.45, 7) is 2.51. The van der Waals surface area contributed by atoms with E-state index < -0.39 is 14.9 Å². The van der Waals surface area contributed by atoms with E-state index in [0.29, 0.717) is 22.6 Å². The first kappa shape index (κ1) is 41.0. The van der Waals surface area contributed by atoms with Crippen LogP contribution in [0, 0.1) is 16.0 Å². The lowest BCUT2D eigenvalue weighted by Crippen LogP contribution is -2.34. The molecule has 0 bridgehead atoms. The van der Waals surface area contributed by atoms with E-state index in [1.54, 1.807) is 11.8 Å². The van der Waals surface area contributed by atoms with E-state index in [0.717, 1.165) is 67.0 Å². The molecule has 0 aliphatic carbocycles. The molecule has 1 saturated heterocycles. The molecule has 7 rings (SSSR count). The van der Waals surface area contributed by atoms with Gasteiger partial charge in [0.2, 0.25) is 0 Å². The molecule has 2 heterocycles. The maximum absolute atomic E-state index is 13.7. The molecule has 2 N–H and O–H groups in total. The van der Waals surface area contributed by atoms with Crippen molar-refractivity contribution >= 4 is 67.2 Å². The van der Waals surface area contributed by atoms with E-state index in [1.807, 2.05) is 74.8 Å². The number of piperidine rings is 1. The van der Waals surface area contributed by atoms with E-state index in [2.05, 4.69) is 66.2 Å². The van der Waals surface area contributed by atoms with Crippen LogP contribution in [0.3, 0.4) is 0 Å². The predicted molar refractivity (Wildman–Crippen MR) is 237 cm³/mol. The monoisotopic (exact) mass is 835 g/mol. The van der Waals surface area contributed by atoms with Gasteiger partial charge in [-0.3, -0.25) is 14.8 Å². The standard InChI is InChI=1S/C44H46ClN7O4S2/c1-50(2)22-21-35(29-57-37-11-7-4-8-12-37)48-41-18-15-38(28-43(41)52(53)54)58(55,56)49-44-40-17-14-36(27-42(40)46-30-47-44)51-23-19-31(20-24-51)25-33-26-34(45)13-16-39(33)32-9-5-3-6-10-32/h3-18,26-28,30-31,35,48H,19-25,29H2,1-2H3,(H,46,47,49)/t35-/m1/s1. The number of benzene rings is 5. The number of fused-ring (bicyclic) bond motifs is 1. The van der Waals surface area contributed by atoms with Crippen LogP contribution in [0.15, 0.2) is 131 Å². The minimum atomic E-state index is -4.26. The molecule has 0 saturated carbocycles. The molecule has 300 valence electrons. The Labute approximate surface area is 349 Å². The summed E-state index contributed by atoms with van der Waals surface area (Å²) in [7, 11) is -0.307. The van der Waals surface area contributed by atoms with Gasteiger partial charge in [0, 0.05) is 51.9 Å². The molecule has 5 aromatic carbocycles. The van der Waals surface area contributed by atoms with Crippen molar-refractivity contribution in [2.45, 2.75) is 41.5 Å². The summed E-state index contributed by atoms with van der Waals surface area (Å²) >= 11 is 8.10. The highest BCUT2D eigenvalue weighted by atomic mass is 35.5. The molecule has 6 aromatic rings. The normalized spacial score (nSPS) is 14.1. The van der Waals surface area contributed by atoms with Crippen LogP contribution in [-0.4, -0.2) is 73.7 Å². The van der Waals surface area contributed by atoms with Crippen LogP contribution in [0.5, 0.6) is 0 Å². The number of rotatable bonds is 16. The predicted octanol–water partition coefficient (Wildman–Crippen LogP) is 9.64. The van der Waals surface area contributed by atoms with E-state index in [9.17, 15) is 18.5 Å². The average Bonchev–Trinajstić information content (AvgIpc) is 3.22. The van der Waals surface area contributed by atoms with Gasteiger partial charge in [0.1, 0.15) is 12.0 Å². The zero-order valence-electron chi connectivity index (χ0n) is 32.4. The highest BCUT2D eigenvalue weighted by Gasteiger charge is 2.26. The summed E-state index contributed by atoms with van der Waals surface area (Å²) < 4.78 is 30.1. The second-order valence-corrected chi connectivity index (χ2v) is 18.0. The first-order valence-electron chi connectivity index (χ1n) is 19.3. The molecule has 14 heteroatoms. The fraction of sp³-hybridized carbons (Fsp3) is 0.273. The number of aromatic nitrogens is 2. The zero-order chi connectivity index (χ0) is 40.6.